The van der Waals surface area contributed by atoms with Crippen molar-refractivity contribution >= 4 is 25.5 Å². The van der Waals surface area contributed by atoms with Crippen LogP contribution in [0.5, 0.6) is 0 Å². The van der Waals surface area contributed by atoms with Crippen molar-refractivity contribution in [2.24, 2.45) is 0 Å². The van der Waals surface area contributed by atoms with Gasteiger partial charge in [-0.05, 0) is 12.6 Å². The van der Waals surface area contributed by atoms with Crippen molar-refractivity contribution in [3.8, 4) is 0 Å². The molecule has 1 heterocycles. The number of carbonyl (C=O) groups excluding carboxylic acids is 1. The van der Waals surface area contributed by atoms with Crippen LogP contribution >= 0.6 is 19.6 Å². The van der Waals surface area contributed by atoms with Crippen LogP contribution in [-0.2, 0) is 19.7 Å². The van der Waals surface area contributed by atoms with Crippen LogP contribution in [0.3, 0.4) is 0 Å². The molecule has 0 aromatic heterocycles. The van der Waals surface area contributed by atoms with Crippen LogP contribution in [-0.4, -0.2) is 17.4 Å². The van der Waals surface area contributed by atoms with Gasteiger partial charge >= 0.3 is 34.6 Å². The van der Waals surface area contributed by atoms with Crippen molar-refractivity contribution in [3.05, 3.63) is 12.8 Å². The van der Waals surface area contributed by atoms with Crippen LogP contribution in [0, 0.1) is 0 Å². The standard InChI is InChI=1S/C6H9NO.Mo.2S/c1-2-7-5-3-4-6(7)8;;;/h2H,1,3-5H2;;;. The quantitative estimate of drug-likeness (QED) is 0.681. The summed E-state index contributed by atoms with van der Waals surface area (Å²) in [6, 6.07) is 0. The van der Waals surface area contributed by atoms with Gasteiger partial charge in [-0.2, -0.15) is 0 Å². The van der Waals surface area contributed by atoms with Gasteiger partial charge in [0.05, 0.1) is 0 Å². The van der Waals surface area contributed by atoms with Gasteiger partial charge in [0.25, 0.3) is 0 Å². The molecule has 1 aliphatic heterocycles. The first-order valence-corrected chi connectivity index (χ1v) is 8.68. The van der Waals surface area contributed by atoms with Crippen LogP contribution < -0.4 is 0 Å². The van der Waals surface area contributed by atoms with Crippen LogP contribution in [0.1, 0.15) is 12.8 Å². The number of amides is 1. The first-order valence-electron chi connectivity index (χ1n) is 3.10. The Morgan fingerprint density at radius 1 is 1.64 bits per heavy atom. The van der Waals surface area contributed by atoms with Gasteiger partial charge in [0, 0.05) is 13.0 Å². The maximum absolute atomic E-state index is 10.7. The average Bonchev–Trinajstić information content (AvgIpc) is 2.36. The predicted molar refractivity (Wildman–Crippen MR) is 46.3 cm³/mol. The predicted octanol–water partition coefficient (Wildman–Crippen LogP) is 2.05. The Labute approximate surface area is 82.1 Å². The Morgan fingerprint density at radius 2 is 2.18 bits per heavy atom. The summed E-state index contributed by atoms with van der Waals surface area (Å²) in [5, 5.41) is 0. The zero-order valence-electron chi connectivity index (χ0n) is 5.99. The summed E-state index contributed by atoms with van der Waals surface area (Å²) in [7, 11) is 8.68. The third-order valence-electron chi connectivity index (χ3n) is 1.33. The Balaban J connectivity index is 0.000000292. The van der Waals surface area contributed by atoms with E-state index in [1.807, 2.05) is 0 Å². The van der Waals surface area contributed by atoms with Crippen LogP contribution in [0.2, 0.25) is 0 Å². The topological polar surface area (TPSA) is 20.3 Å². The molecule has 0 saturated carbocycles. The van der Waals surface area contributed by atoms with Gasteiger partial charge in [-0.25, -0.2) is 0 Å². The van der Waals surface area contributed by atoms with E-state index >= 15 is 0 Å². The van der Waals surface area contributed by atoms with E-state index in [1.165, 1.54) is 0 Å². The SMILES string of the molecule is C=CN1CCCC1=O.[S]=[Mo]=[S]. The number of carbonyl (C=O) groups is 1. The molecule has 0 spiro atoms. The average molecular weight is 271 g/mol. The van der Waals surface area contributed by atoms with Gasteiger partial charge in [0.1, 0.15) is 0 Å². The summed E-state index contributed by atoms with van der Waals surface area (Å²) in [6.45, 7) is 4.36. The zero-order valence-corrected chi connectivity index (χ0v) is 9.63. The molecule has 0 unspecified atom stereocenters. The molecule has 1 rings (SSSR count). The molecule has 62 valence electrons. The van der Waals surface area contributed by atoms with Gasteiger partial charge in [-0.1, -0.05) is 6.58 Å². The summed E-state index contributed by atoms with van der Waals surface area (Å²) in [5.41, 5.74) is 0. The molecule has 0 aliphatic carbocycles. The molecule has 1 saturated heterocycles. The summed E-state index contributed by atoms with van der Waals surface area (Å²) >= 11 is -0.363. The number of likely N-dealkylation sites (tertiary alicyclic amines) is 1. The van der Waals surface area contributed by atoms with E-state index in [1.54, 1.807) is 11.1 Å². The molecule has 0 bridgehead atoms. The van der Waals surface area contributed by atoms with E-state index in [2.05, 4.69) is 26.2 Å². The zero-order chi connectivity index (χ0) is 8.69. The van der Waals surface area contributed by atoms with E-state index in [9.17, 15) is 4.79 Å². The molecule has 1 amide bonds. The molecule has 0 aromatic rings. The molecule has 1 fully saturated rings. The number of hydrogen-bond acceptors (Lipinski definition) is 3. The molecule has 5 heteroatoms. The van der Waals surface area contributed by atoms with E-state index in [0.29, 0.717) is 6.42 Å². The molecule has 0 N–H and O–H groups in total. The van der Waals surface area contributed by atoms with E-state index in [-0.39, 0.29) is 20.8 Å². The number of rotatable bonds is 1. The van der Waals surface area contributed by atoms with Gasteiger partial charge in [-0.3, -0.25) is 4.79 Å². The third kappa shape index (κ3) is 4.72. The van der Waals surface area contributed by atoms with Gasteiger partial charge in [0.2, 0.25) is 5.91 Å². The van der Waals surface area contributed by atoms with Crippen molar-refractivity contribution in [1.29, 1.82) is 0 Å². The Bertz CT molecular complexity index is 189. The van der Waals surface area contributed by atoms with Crippen LogP contribution in [0.15, 0.2) is 12.8 Å². The Kier molecular flexibility index (Phi) is 7.23. The number of hydrogen-bond donors (Lipinski definition) is 0. The Morgan fingerprint density at radius 3 is 2.36 bits per heavy atom. The van der Waals surface area contributed by atoms with E-state index in [0.717, 1.165) is 13.0 Å². The van der Waals surface area contributed by atoms with Gasteiger partial charge < -0.3 is 4.90 Å². The Hall–Kier alpha value is 0.338. The molecule has 0 atom stereocenters. The summed E-state index contributed by atoms with van der Waals surface area (Å²) in [6.07, 6.45) is 3.28. The van der Waals surface area contributed by atoms with Crippen molar-refractivity contribution in [2.75, 3.05) is 6.54 Å². The van der Waals surface area contributed by atoms with E-state index in [4.69, 9.17) is 0 Å². The monoisotopic (exact) mass is 273 g/mol. The van der Waals surface area contributed by atoms with E-state index < -0.39 is 0 Å². The van der Waals surface area contributed by atoms with Gasteiger partial charge in [0.15, 0.2) is 0 Å². The van der Waals surface area contributed by atoms with Crippen molar-refractivity contribution in [3.63, 3.8) is 0 Å². The molecular formula is C6H9MoNOS2. The number of nitrogens with zero attached hydrogens (tertiary/aromatic N) is 1. The summed E-state index contributed by atoms with van der Waals surface area (Å²) in [5.74, 6) is 0.208. The molecule has 0 aromatic carbocycles. The van der Waals surface area contributed by atoms with Crippen molar-refractivity contribution in [1.82, 2.24) is 4.90 Å². The van der Waals surface area contributed by atoms with Gasteiger partial charge in [-0.15, -0.1) is 0 Å². The maximum atomic E-state index is 10.7. The fourth-order valence-corrected chi connectivity index (χ4v) is 0.862. The molecule has 11 heavy (non-hydrogen) atoms. The summed E-state index contributed by atoms with van der Waals surface area (Å²) in [4.78, 5) is 12.3. The molecular weight excluding hydrogens is 262 g/mol. The van der Waals surface area contributed by atoms with Crippen LogP contribution in [0.25, 0.3) is 0 Å². The van der Waals surface area contributed by atoms with Crippen molar-refractivity contribution < 1.29 is 19.7 Å². The third-order valence-corrected chi connectivity index (χ3v) is 1.33. The fourth-order valence-electron chi connectivity index (χ4n) is 0.862. The molecule has 0 radical (unpaired) electrons. The second-order valence-electron chi connectivity index (χ2n) is 1.94. The van der Waals surface area contributed by atoms with Crippen molar-refractivity contribution in [2.45, 2.75) is 12.8 Å². The first-order chi connectivity index (χ1) is 5.26. The summed E-state index contributed by atoms with van der Waals surface area (Å²) < 4.78 is 0. The fraction of sp³-hybridized carbons (Fsp3) is 0.500. The second-order valence-corrected chi connectivity index (χ2v) is 5.50. The van der Waals surface area contributed by atoms with Crippen LogP contribution in [0.4, 0.5) is 0 Å². The normalized spacial score (nSPS) is 15.3. The minimum absolute atomic E-state index is 0.208. The second kappa shape index (κ2) is 7.01. The molecule has 1 aliphatic rings. The minimum atomic E-state index is -0.363. The first kappa shape index (κ1) is 11.3. The molecule has 2 nitrogen and oxygen atoms in total.